The average molecular weight is 295 g/mol. The van der Waals surface area contributed by atoms with Gasteiger partial charge in [-0.15, -0.1) is 0 Å². The SMILES string of the molecule is CCCCNC(C)(C)CCc1ccc(-c2ccccc2)cc1. The Balaban J connectivity index is 1.89. The molecule has 2 aromatic rings. The van der Waals surface area contributed by atoms with Gasteiger partial charge in [-0.05, 0) is 56.3 Å². The highest BCUT2D eigenvalue weighted by molar-refractivity contribution is 5.63. The maximum atomic E-state index is 3.67. The molecule has 0 aliphatic rings. The van der Waals surface area contributed by atoms with Crippen molar-refractivity contribution in [2.24, 2.45) is 0 Å². The highest BCUT2D eigenvalue weighted by Gasteiger charge is 2.16. The van der Waals surface area contributed by atoms with E-state index >= 15 is 0 Å². The van der Waals surface area contributed by atoms with Crippen LogP contribution in [-0.4, -0.2) is 12.1 Å². The van der Waals surface area contributed by atoms with Crippen LogP contribution in [0.4, 0.5) is 0 Å². The molecular formula is C21H29N. The molecule has 0 saturated carbocycles. The van der Waals surface area contributed by atoms with Crippen molar-refractivity contribution in [3.05, 3.63) is 60.2 Å². The molecule has 1 nitrogen and oxygen atoms in total. The van der Waals surface area contributed by atoms with Crippen LogP contribution in [0.15, 0.2) is 54.6 Å². The second kappa shape index (κ2) is 8.14. The molecule has 0 heterocycles. The Bertz CT molecular complexity index is 540. The second-order valence-electron chi connectivity index (χ2n) is 6.73. The Morgan fingerprint density at radius 2 is 1.50 bits per heavy atom. The predicted octanol–water partition coefficient (Wildman–Crippen LogP) is 5.45. The van der Waals surface area contributed by atoms with Crippen LogP contribution in [0, 0.1) is 0 Å². The summed E-state index contributed by atoms with van der Waals surface area (Å²) < 4.78 is 0. The number of hydrogen-bond acceptors (Lipinski definition) is 1. The largest absolute Gasteiger partial charge is 0.312 e. The Hall–Kier alpha value is -1.60. The zero-order chi connectivity index (χ0) is 15.8. The summed E-state index contributed by atoms with van der Waals surface area (Å²) in [5.41, 5.74) is 4.22. The summed E-state index contributed by atoms with van der Waals surface area (Å²) in [6.45, 7) is 7.97. The first-order valence-electron chi connectivity index (χ1n) is 8.50. The van der Waals surface area contributed by atoms with Gasteiger partial charge in [0.05, 0.1) is 0 Å². The zero-order valence-electron chi connectivity index (χ0n) is 14.2. The molecule has 1 heteroatoms. The third-order valence-corrected chi connectivity index (χ3v) is 4.23. The molecule has 0 radical (unpaired) electrons. The topological polar surface area (TPSA) is 12.0 Å². The van der Waals surface area contributed by atoms with Crippen molar-refractivity contribution >= 4 is 0 Å². The summed E-state index contributed by atoms with van der Waals surface area (Å²) in [6, 6.07) is 19.6. The van der Waals surface area contributed by atoms with Gasteiger partial charge in [0.1, 0.15) is 0 Å². The predicted molar refractivity (Wildman–Crippen MR) is 97.2 cm³/mol. The van der Waals surface area contributed by atoms with Crippen molar-refractivity contribution in [3.63, 3.8) is 0 Å². The fraction of sp³-hybridized carbons (Fsp3) is 0.429. The number of aryl methyl sites for hydroxylation is 1. The van der Waals surface area contributed by atoms with Crippen LogP contribution in [0.5, 0.6) is 0 Å². The van der Waals surface area contributed by atoms with Gasteiger partial charge in [0.25, 0.3) is 0 Å². The smallest absolute Gasteiger partial charge is 0.0128 e. The third kappa shape index (κ3) is 5.31. The molecule has 0 saturated heterocycles. The van der Waals surface area contributed by atoms with E-state index in [1.165, 1.54) is 36.0 Å². The minimum atomic E-state index is 0.216. The van der Waals surface area contributed by atoms with Gasteiger partial charge < -0.3 is 5.32 Å². The van der Waals surface area contributed by atoms with E-state index in [1.807, 2.05) is 0 Å². The van der Waals surface area contributed by atoms with Crippen LogP contribution in [0.3, 0.4) is 0 Å². The van der Waals surface area contributed by atoms with E-state index in [0.29, 0.717) is 0 Å². The first-order chi connectivity index (χ1) is 10.6. The molecule has 1 N–H and O–H groups in total. The summed E-state index contributed by atoms with van der Waals surface area (Å²) in [5.74, 6) is 0. The van der Waals surface area contributed by atoms with Crippen LogP contribution in [-0.2, 0) is 6.42 Å². The molecule has 0 atom stereocenters. The lowest BCUT2D eigenvalue weighted by Crippen LogP contribution is -2.40. The van der Waals surface area contributed by atoms with E-state index in [0.717, 1.165) is 13.0 Å². The molecule has 0 aliphatic carbocycles. The molecule has 22 heavy (non-hydrogen) atoms. The third-order valence-electron chi connectivity index (χ3n) is 4.23. The lowest BCUT2D eigenvalue weighted by Gasteiger charge is -2.26. The van der Waals surface area contributed by atoms with E-state index in [4.69, 9.17) is 0 Å². The van der Waals surface area contributed by atoms with Gasteiger partial charge >= 0.3 is 0 Å². The summed E-state index contributed by atoms with van der Waals surface area (Å²) in [6.07, 6.45) is 4.81. The van der Waals surface area contributed by atoms with E-state index in [9.17, 15) is 0 Å². The van der Waals surface area contributed by atoms with E-state index in [2.05, 4.69) is 80.7 Å². The molecule has 2 aromatic carbocycles. The molecule has 0 fully saturated rings. The van der Waals surface area contributed by atoms with Crippen molar-refractivity contribution in [3.8, 4) is 11.1 Å². The minimum absolute atomic E-state index is 0.216. The maximum Gasteiger partial charge on any atom is 0.0128 e. The number of nitrogens with one attached hydrogen (secondary N) is 1. The van der Waals surface area contributed by atoms with Crippen molar-refractivity contribution in [1.29, 1.82) is 0 Å². The van der Waals surface area contributed by atoms with Crippen LogP contribution in [0.25, 0.3) is 11.1 Å². The van der Waals surface area contributed by atoms with Gasteiger partial charge in [0.2, 0.25) is 0 Å². The van der Waals surface area contributed by atoms with Gasteiger partial charge in [-0.3, -0.25) is 0 Å². The fourth-order valence-electron chi connectivity index (χ4n) is 2.64. The van der Waals surface area contributed by atoms with Crippen LogP contribution >= 0.6 is 0 Å². The number of benzene rings is 2. The van der Waals surface area contributed by atoms with Gasteiger partial charge in [0, 0.05) is 5.54 Å². The summed E-state index contributed by atoms with van der Waals surface area (Å²) in [5, 5.41) is 3.67. The quantitative estimate of drug-likeness (QED) is 0.638. The standard InChI is InChI=1S/C21H29N/c1-4-5-17-22-21(2,3)16-15-18-11-13-20(14-12-18)19-9-7-6-8-10-19/h6-14,22H,4-5,15-17H2,1-3H3. The van der Waals surface area contributed by atoms with Crippen LogP contribution < -0.4 is 5.32 Å². The first-order valence-corrected chi connectivity index (χ1v) is 8.50. The van der Waals surface area contributed by atoms with Gasteiger partial charge in [-0.25, -0.2) is 0 Å². The highest BCUT2D eigenvalue weighted by atomic mass is 14.9. The zero-order valence-corrected chi connectivity index (χ0v) is 14.2. The average Bonchev–Trinajstić information content (AvgIpc) is 2.55. The Kier molecular flexibility index (Phi) is 6.21. The molecular weight excluding hydrogens is 266 g/mol. The molecule has 0 unspecified atom stereocenters. The van der Waals surface area contributed by atoms with Crippen molar-refractivity contribution < 1.29 is 0 Å². The molecule has 2 rings (SSSR count). The highest BCUT2D eigenvalue weighted by Crippen LogP contribution is 2.21. The number of unbranched alkanes of at least 4 members (excludes halogenated alkanes) is 1. The summed E-state index contributed by atoms with van der Waals surface area (Å²) in [4.78, 5) is 0. The number of rotatable bonds is 8. The summed E-state index contributed by atoms with van der Waals surface area (Å²) in [7, 11) is 0. The van der Waals surface area contributed by atoms with Gasteiger partial charge in [0.15, 0.2) is 0 Å². The fourth-order valence-corrected chi connectivity index (χ4v) is 2.64. The van der Waals surface area contributed by atoms with Crippen molar-refractivity contribution in [1.82, 2.24) is 5.32 Å². The van der Waals surface area contributed by atoms with Crippen LogP contribution in [0.2, 0.25) is 0 Å². The Morgan fingerprint density at radius 1 is 0.864 bits per heavy atom. The summed E-state index contributed by atoms with van der Waals surface area (Å²) >= 11 is 0. The Labute approximate surface area is 135 Å². The monoisotopic (exact) mass is 295 g/mol. The lowest BCUT2D eigenvalue weighted by atomic mass is 9.94. The molecule has 0 bridgehead atoms. The van der Waals surface area contributed by atoms with Crippen LogP contribution in [0.1, 0.15) is 45.6 Å². The molecule has 0 spiro atoms. The Morgan fingerprint density at radius 3 is 2.14 bits per heavy atom. The van der Waals surface area contributed by atoms with E-state index in [1.54, 1.807) is 0 Å². The molecule has 0 aromatic heterocycles. The minimum Gasteiger partial charge on any atom is -0.312 e. The van der Waals surface area contributed by atoms with Crippen molar-refractivity contribution in [2.75, 3.05) is 6.54 Å². The second-order valence-corrected chi connectivity index (χ2v) is 6.73. The van der Waals surface area contributed by atoms with Gasteiger partial charge in [-0.1, -0.05) is 67.9 Å². The van der Waals surface area contributed by atoms with E-state index in [-0.39, 0.29) is 5.54 Å². The van der Waals surface area contributed by atoms with Gasteiger partial charge in [-0.2, -0.15) is 0 Å². The normalized spacial score (nSPS) is 11.6. The maximum absolute atomic E-state index is 3.67. The lowest BCUT2D eigenvalue weighted by molar-refractivity contribution is 0.360. The molecule has 0 amide bonds. The molecule has 0 aliphatic heterocycles. The van der Waals surface area contributed by atoms with Crippen molar-refractivity contribution in [2.45, 2.75) is 52.0 Å². The number of hydrogen-bond donors (Lipinski definition) is 1. The first kappa shape index (κ1) is 16.8. The van der Waals surface area contributed by atoms with E-state index < -0.39 is 0 Å². The molecule has 118 valence electrons.